The quantitative estimate of drug-likeness (QED) is 0.0562. The summed E-state index contributed by atoms with van der Waals surface area (Å²) in [4.78, 5) is 0. The van der Waals surface area contributed by atoms with E-state index in [2.05, 4.69) is 14.0 Å². The fourth-order valence-corrected chi connectivity index (χ4v) is 4.52. The Hall–Kier alpha value is -4.58. The Kier molecular flexibility index (Phi) is 10.7. The molecule has 24 heteroatoms. The van der Waals surface area contributed by atoms with Gasteiger partial charge in [0.05, 0.1) is 28.9 Å². The van der Waals surface area contributed by atoms with Gasteiger partial charge in [0.1, 0.15) is 0 Å². The van der Waals surface area contributed by atoms with Crippen LogP contribution >= 0.6 is 0 Å². The van der Waals surface area contributed by atoms with Crippen molar-refractivity contribution < 1.29 is 102 Å². The molecule has 51 heavy (non-hydrogen) atoms. The highest BCUT2D eigenvalue weighted by Crippen LogP contribution is 2.50. The zero-order chi connectivity index (χ0) is 38.8. The van der Waals surface area contributed by atoms with E-state index in [1.807, 2.05) is 0 Å². The van der Waals surface area contributed by atoms with Gasteiger partial charge in [-0.25, -0.2) is 87.8 Å². The summed E-state index contributed by atoms with van der Waals surface area (Å²) in [5.74, 6) is -64.9. The number of benzene rings is 4. The molecule has 0 amide bonds. The maximum absolute atomic E-state index is 15.5. The Balaban J connectivity index is 2.26. The summed E-state index contributed by atoms with van der Waals surface area (Å²) in [6, 6.07) is 0. The highest BCUT2D eigenvalue weighted by atomic mass is 19.2. The predicted molar refractivity (Wildman–Crippen MR) is 123 cm³/mol. The zero-order valence-electron chi connectivity index (χ0n) is 23.6. The van der Waals surface area contributed by atoms with Gasteiger partial charge in [-0.2, -0.15) is 0 Å². The van der Waals surface area contributed by atoms with E-state index in [1.54, 1.807) is 0 Å². The molecule has 4 rings (SSSR count). The summed E-state index contributed by atoms with van der Waals surface area (Å²) in [5, 5.41) is 0. The van der Waals surface area contributed by atoms with Gasteiger partial charge < -0.3 is 14.0 Å². The lowest BCUT2D eigenvalue weighted by Crippen LogP contribution is -2.46. The second kappa shape index (κ2) is 13.9. The van der Waals surface area contributed by atoms with Crippen molar-refractivity contribution in [3.63, 3.8) is 0 Å². The number of halogens is 20. The molecule has 0 N–H and O–H groups in total. The van der Waals surface area contributed by atoms with Crippen LogP contribution < -0.4 is 0 Å². The van der Waals surface area contributed by atoms with Gasteiger partial charge in [-0.05, 0) is 0 Å². The van der Waals surface area contributed by atoms with E-state index in [9.17, 15) is 61.5 Å². The van der Waals surface area contributed by atoms with Crippen LogP contribution in [0.4, 0.5) is 87.8 Å². The molecule has 0 saturated heterocycles. The Morgan fingerprint density at radius 1 is 0.353 bits per heavy atom. The number of hydrogen-bond acceptors (Lipinski definition) is 3. The molecule has 3 nitrogen and oxygen atoms in total. The molecule has 4 aromatic carbocycles. The van der Waals surface area contributed by atoms with E-state index >= 15 is 26.3 Å². The van der Waals surface area contributed by atoms with Crippen LogP contribution in [-0.2, 0) is 26.2 Å². The molecular formula is C27H5BF20O3. The van der Waals surface area contributed by atoms with Crippen LogP contribution in [0.1, 0.15) is 22.3 Å². The molecular weight excluding hydrogens is 763 g/mol. The number of rotatable bonds is 9. The molecule has 0 saturated carbocycles. The highest BCUT2D eigenvalue weighted by Gasteiger charge is 2.57. The molecule has 0 fully saturated rings. The van der Waals surface area contributed by atoms with Crippen LogP contribution in [-0.4, -0.2) is 14.4 Å². The lowest BCUT2D eigenvalue weighted by atomic mass is 9.76. The van der Waals surface area contributed by atoms with Crippen molar-refractivity contribution in [3.8, 4) is 0 Å². The van der Waals surface area contributed by atoms with Crippen LogP contribution in [0.25, 0.3) is 0 Å². The van der Waals surface area contributed by atoms with Crippen molar-refractivity contribution in [1.29, 1.82) is 0 Å². The molecule has 4 aromatic rings. The molecule has 0 unspecified atom stereocenters. The molecule has 0 atom stereocenters. The maximum Gasteiger partial charge on any atom is 0.640 e. The van der Waals surface area contributed by atoms with Crippen molar-refractivity contribution in [2.24, 2.45) is 0 Å². The van der Waals surface area contributed by atoms with E-state index in [4.69, 9.17) is 0 Å². The van der Waals surface area contributed by atoms with Gasteiger partial charge in [-0.15, -0.1) is 0 Å². The standard InChI is InChI=1S/C27H5BF20O3/c1-49-28(50-2-3-7(29)15(37)23(45)16(38)8(3)30)51-27(4-9(31)17(39)24(46)18(40)10(4)32,5-11(33)19(41)25(47)20(42)12(5)34)6-13(35)21(43)26(48)22(44)14(6)36/h2H2,1H3. The van der Waals surface area contributed by atoms with Gasteiger partial charge in [0.15, 0.2) is 98.7 Å². The zero-order valence-corrected chi connectivity index (χ0v) is 23.6. The van der Waals surface area contributed by atoms with Gasteiger partial charge in [-0.3, -0.25) is 0 Å². The summed E-state index contributed by atoms with van der Waals surface area (Å²) in [5.41, 5.74) is -17.7. The van der Waals surface area contributed by atoms with Crippen LogP contribution in [0.2, 0.25) is 0 Å². The minimum atomic E-state index is -5.65. The van der Waals surface area contributed by atoms with Crippen LogP contribution in [0.15, 0.2) is 0 Å². The normalized spacial score (nSPS) is 11.9. The van der Waals surface area contributed by atoms with Crippen LogP contribution in [0.3, 0.4) is 0 Å². The van der Waals surface area contributed by atoms with Gasteiger partial charge >= 0.3 is 7.32 Å². The molecule has 0 aromatic heterocycles. The maximum atomic E-state index is 15.5. The molecule has 0 bridgehead atoms. The molecule has 0 heterocycles. The minimum absolute atomic E-state index is 0.129. The molecule has 0 radical (unpaired) electrons. The third kappa shape index (κ3) is 5.81. The highest BCUT2D eigenvalue weighted by molar-refractivity contribution is 6.36. The Bertz CT molecular complexity index is 1820. The molecule has 0 aliphatic heterocycles. The van der Waals surface area contributed by atoms with Gasteiger partial charge in [-0.1, -0.05) is 0 Å². The summed E-state index contributed by atoms with van der Waals surface area (Å²) in [7, 11) is -3.52. The van der Waals surface area contributed by atoms with Crippen LogP contribution in [0, 0.1) is 116 Å². The van der Waals surface area contributed by atoms with Crippen LogP contribution in [0.5, 0.6) is 0 Å². The van der Waals surface area contributed by atoms with E-state index in [1.165, 1.54) is 0 Å². The second-order valence-corrected chi connectivity index (χ2v) is 9.52. The number of hydrogen-bond donors (Lipinski definition) is 0. The third-order valence-corrected chi connectivity index (χ3v) is 6.82. The van der Waals surface area contributed by atoms with Gasteiger partial charge in [0.2, 0.25) is 23.3 Å². The largest absolute Gasteiger partial charge is 0.640 e. The lowest BCUT2D eigenvalue weighted by molar-refractivity contribution is 0.0246. The summed E-state index contributed by atoms with van der Waals surface area (Å²) < 4.78 is 305. The smallest absolute Gasteiger partial charge is 0.389 e. The van der Waals surface area contributed by atoms with E-state index in [0.717, 1.165) is 0 Å². The first-order valence-corrected chi connectivity index (χ1v) is 12.5. The third-order valence-electron chi connectivity index (χ3n) is 6.82. The first kappa shape index (κ1) is 39.2. The lowest BCUT2D eigenvalue weighted by Gasteiger charge is -2.38. The SMILES string of the molecule is COB(OCc1c(F)c(F)c(F)c(F)c1F)OC(c1c(F)c(F)c(F)c(F)c1F)(c1c(F)c(F)c(F)c(F)c1F)c1c(F)c(F)c(F)c(F)c1F. The van der Waals surface area contributed by atoms with Crippen molar-refractivity contribution >= 4 is 7.32 Å². The Labute approximate surface area is 267 Å². The first-order valence-electron chi connectivity index (χ1n) is 12.5. The van der Waals surface area contributed by atoms with E-state index in [0.29, 0.717) is 0 Å². The van der Waals surface area contributed by atoms with Gasteiger partial charge in [0, 0.05) is 7.11 Å². The monoisotopic (exact) mass is 768 g/mol. The topological polar surface area (TPSA) is 27.7 Å². The summed E-state index contributed by atoms with van der Waals surface area (Å²) in [6.45, 7) is -2.20. The van der Waals surface area contributed by atoms with E-state index < -0.39 is 158 Å². The Morgan fingerprint density at radius 3 is 0.804 bits per heavy atom. The summed E-state index contributed by atoms with van der Waals surface area (Å²) >= 11 is 0. The molecule has 274 valence electrons. The summed E-state index contributed by atoms with van der Waals surface area (Å²) in [6.07, 6.45) is 0. The minimum Gasteiger partial charge on any atom is -0.389 e. The fraction of sp³-hybridized carbons (Fsp3) is 0.111. The van der Waals surface area contributed by atoms with Gasteiger partial charge in [0.25, 0.3) is 0 Å². The molecule has 0 aliphatic rings. The van der Waals surface area contributed by atoms with Crippen molar-refractivity contribution in [3.05, 3.63) is 139 Å². The van der Waals surface area contributed by atoms with E-state index in [-0.39, 0.29) is 7.11 Å². The average molecular weight is 768 g/mol. The predicted octanol–water partition coefficient (Wildman–Crippen LogP) is 8.63. The van der Waals surface area contributed by atoms with Crippen molar-refractivity contribution in [1.82, 2.24) is 0 Å². The first-order chi connectivity index (χ1) is 23.6. The second-order valence-electron chi connectivity index (χ2n) is 9.52. The Morgan fingerprint density at radius 2 is 0.569 bits per heavy atom. The van der Waals surface area contributed by atoms with Crippen molar-refractivity contribution in [2.75, 3.05) is 7.11 Å². The van der Waals surface area contributed by atoms with Crippen molar-refractivity contribution in [2.45, 2.75) is 12.2 Å². The fourth-order valence-electron chi connectivity index (χ4n) is 4.52. The molecule has 0 spiro atoms. The molecule has 0 aliphatic carbocycles. The average Bonchev–Trinajstić information content (AvgIpc) is 3.10.